The van der Waals surface area contributed by atoms with Crippen LogP contribution in [0.2, 0.25) is 0 Å². The van der Waals surface area contributed by atoms with Gasteiger partial charge in [-0.3, -0.25) is 15.0 Å². The Hall–Kier alpha value is -4.58. The summed E-state index contributed by atoms with van der Waals surface area (Å²) in [5.74, 6) is -0.751. The number of nitrogens with zero attached hydrogens (tertiary/aromatic N) is 3. The number of urea groups is 1. The van der Waals surface area contributed by atoms with Crippen LogP contribution in [0.1, 0.15) is 47.8 Å². The summed E-state index contributed by atoms with van der Waals surface area (Å²) in [5, 5.41) is 11.2. The SMILES string of the molecule is CC(C)(C)c1ccc(N(Cc2ccc(C(=O)N/C(N)=N/N=N)cc2)C(=O)Nc2ccc3c(c2)S(=O)(=O)CC3)cc1. The Balaban J connectivity index is 1.60. The summed E-state index contributed by atoms with van der Waals surface area (Å²) in [6.45, 7) is 6.49. The predicted molar refractivity (Wildman–Crippen MR) is 153 cm³/mol. The lowest BCUT2D eigenvalue weighted by atomic mass is 9.87. The third kappa shape index (κ3) is 6.52. The van der Waals surface area contributed by atoms with Crippen LogP contribution in [0.15, 0.2) is 82.0 Å². The van der Waals surface area contributed by atoms with Gasteiger partial charge in [-0.2, -0.15) is 5.53 Å². The first-order chi connectivity index (χ1) is 18.9. The van der Waals surface area contributed by atoms with Crippen LogP contribution < -0.4 is 21.3 Å². The number of hydrogen-bond acceptors (Lipinski definition) is 6. The van der Waals surface area contributed by atoms with E-state index in [-0.39, 0.29) is 28.6 Å². The Labute approximate surface area is 232 Å². The van der Waals surface area contributed by atoms with Gasteiger partial charge in [-0.1, -0.05) is 56.2 Å². The second kappa shape index (κ2) is 11.3. The molecule has 40 heavy (non-hydrogen) atoms. The Morgan fingerprint density at radius 1 is 1.02 bits per heavy atom. The average molecular weight is 562 g/mol. The van der Waals surface area contributed by atoms with Crippen molar-refractivity contribution in [1.82, 2.24) is 5.32 Å². The van der Waals surface area contributed by atoms with Crippen LogP contribution in [-0.2, 0) is 28.2 Å². The first kappa shape index (κ1) is 28.4. The second-order valence-corrected chi connectivity index (χ2v) is 12.5. The molecule has 0 saturated carbocycles. The zero-order chi connectivity index (χ0) is 29.1. The number of carbonyl (C=O) groups is 2. The standard InChI is InChI=1S/C28H31N7O4S/c1-28(2,3)21-9-12-23(13-10-21)35(17-18-4-6-20(7-5-18)25(36)32-26(29)33-34-30)27(37)31-22-11-8-19-14-15-40(38,39)24(19)16-22/h4-13,16H,14-15,17H2,1-3H3,(H,31,37)(H4,29,30,32,33,36). The van der Waals surface area contributed by atoms with E-state index < -0.39 is 21.8 Å². The van der Waals surface area contributed by atoms with E-state index in [0.717, 1.165) is 16.7 Å². The van der Waals surface area contributed by atoms with Crippen LogP contribution >= 0.6 is 0 Å². The van der Waals surface area contributed by atoms with E-state index in [9.17, 15) is 18.0 Å². The van der Waals surface area contributed by atoms with E-state index in [0.29, 0.717) is 23.4 Å². The molecular formula is C28H31N7O4S. The summed E-state index contributed by atoms with van der Waals surface area (Å²) in [5.41, 5.74) is 16.0. The van der Waals surface area contributed by atoms with Gasteiger partial charge in [-0.05, 0) is 70.1 Å². The van der Waals surface area contributed by atoms with Gasteiger partial charge in [0, 0.05) is 16.9 Å². The number of carbonyl (C=O) groups excluding carboxylic acids is 2. The van der Waals surface area contributed by atoms with Crippen molar-refractivity contribution >= 4 is 39.1 Å². The molecule has 11 nitrogen and oxygen atoms in total. The van der Waals surface area contributed by atoms with Crippen molar-refractivity contribution in [2.24, 2.45) is 16.1 Å². The van der Waals surface area contributed by atoms with Crippen molar-refractivity contribution < 1.29 is 18.0 Å². The number of rotatable bonds is 6. The normalized spacial score (nSPS) is 14.2. The molecule has 3 amide bonds. The quantitative estimate of drug-likeness (QED) is 0.150. The predicted octanol–water partition coefficient (Wildman–Crippen LogP) is 4.54. The molecule has 208 valence electrons. The zero-order valence-electron chi connectivity index (χ0n) is 22.4. The fraction of sp³-hybridized carbons (Fsp3) is 0.250. The highest BCUT2D eigenvalue weighted by molar-refractivity contribution is 7.91. The summed E-state index contributed by atoms with van der Waals surface area (Å²) >= 11 is 0. The lowest BCUT2D eigenvalue weighted by Gasteiger charge is -2.25. The van der Waals surface area contributed by atoms with E-state index in [2.05, 4.69) is 41.7 Å². The average Bonchev–Trinajstić information content (AvgIpc) is 3.21. The number of guanidine groups is 1. The van der Waals surface area contributed by atoms with Crippen molar-refractivity contribution in [2.45, 2.75) is 44.0 Å². The molecule has 3 aromatic rings. The first-order valence-corrected chi connectivity index (χ1v) is 14.2. The molecule has 0 aromatic heterocycles. The molecule has 1 aliphatic rings. The van der Waals surface area contributed by atoms with Gasteiger partial charge in [0.15, 0.2) is 9.84 Å². The van der Waals surface area contributed by atoms with Crippen molar-refractivity contribution in [3.63, 3.8) is 0 Å². The molecule has 0 unspecified atom stereocenters. The number of nitrogens with two attached hydrogens (primary N) is 1. The number of anilines is 2. The van der Waals surface area contributed by atoms with Gasteiger partial charge < -0.3 is 11.1 Å². The smallest absolute Gasteiger partial charge is 0.326 e. The van der Waals surface area contributed by atoms with Crippen molar-refractivity contribution in [2.75, 3.05) is 16.0 Å². The Morgan fingerprint density at radius 2 is 1.70 bits per heavy atom. The Bertz CT molecular complexity index is 1580. The summed E-state index contributed by atoms with van der Waals surface area (Å²) < 4.78 is 24.8. The maximum absolute atomic E-state index is 13.6. The van der Waals surface area contributed by atoms with Crippen LogP contribution in [0.3, 0.4) is 0 Å². The highest BCUT2D eigenvalue weighted by Crippen LogP contribution is 2.30. The molecule has 0 bridgehead atoms. The fourth-order valence-corrected chi connectivity index (χ4v) is 5.89. The number of aryl methyl sites for hydroxylation is 1. The molecule has 0 aliphatic carbocycles. The van der Waals surface area contributed by atoms with E-state index in [1.54, 1.807) is 41.3 Å². The molecule has 1 aliphatic heterocycles. The van der Waals surface area contributed by atoms with Crippen molar-refractivity contribution in [3.05, 3.63) is 89.0 Å². The van der Waals surface area contributed by atoms with Crippen LogP contribution in [0.4, 0.5) is 16.2 Å². The molecule has 1 heterocycles. The molecular weight excluding hydrogens is 530 g/mol. The molecule has 0 saturated heterocycles. The lowest BCUT2D eigenvalue weighted by Crippen LogP contribution is -2.36. The minimum atomic E-state index is -3.35. The number of fused-ring (bicyclic) bond motifs is 1. The fourth-order valence-electron chi connectivity index (χ4n) is 4.31. The van der Waals surface area contributed by atoms with Crippen LogP contribution in [0.25, 0.3) is 0 Å². The zero-order valence-corrected chi connectivity index (χ0v) is 23.2. The highest BCUT2D eigenvalue weighted by Gasteiger charge is 2.27. The number of benzene rings is 3. The van der Waals surface area contributed by atoms with E-state index >= 15 is 0 Å². The van der Waals surface area contributed by atoms with Crippen molar-refractivity contribution in [3.8, 4) is 0 Å². The summed E-state index contributed by atoms with van der Waals surface area (Å²) in [7, 11) is -3.35. The van der Waals surface area contributed by atoms with Gasteiger partial charge in [0.05, 0.1) is 17.2 Å². The van der Waals surface area contributed by atoms with Crippen LogP contribution in [0.5, 0.6) is 0 Å². The number of nitrogens with one attached hydrogen (secondary N) is 3. The van der Waals surface area contributed by atoms with Gasteiger partial charge in [0.25, 0.3) is 5.91 Å². The topological polar surface area (TPSA) is 170 Å². The number of hydrogen-bond donors (Lipinski definition) is 4. The van der Waals surface area contributed by atoms with Gasteiger partial charge in [0.2, 0.25) is 5.96 Å². The van der Waals surface area contributed by atoms with Gasteiger partial charge in [-0.15, -0.1) is 0 Å². The molecule has 0 fully saturated rings. The van der Waals surface area contributed by atoms with Crippen LogP contribution in [0, 0.1) is 5.53 Å². The number of sulfone groups is 1. The molecule has 4 rings (SSSR count). The molecule has 5 N–H and O–H groups in total. The first-order valence-electron chi connectivity index (χ1n) is 12.5. The molecule has 3 aromatic carbocycles. The third-order valence-electron chi connectivity index (χ3n) is 6.54. The molecule has 0 spiro atoms. The summed E-state index contributed by atoms with van der Waals surface area (Å²) in [4.78, 5) is 27.7. The number of amides is 3. The van der Waals surface area contributed by atoms with Gasteiger partial charge in [0.1, 0.15) is 0 Å². The summed E-state index contributed by atoms with van der Waals surface area (Å²) in [6, 6.07) is 18.8. The maximum Gasteiger partial charge on any atom is 0.326 e. The monoisotopic (exact) mass is 561 g/mol. The summed E-state index contributed by atoms with van der Waals surface area (Å²) in [6.07, 6.45) is 0.463. The molecule has 0 atom stereocenters. The Kier molecular flexibility index (Phi) is 8.01. The second-order valence-electron chi connectivity index (χ2n) is 10.4. The highest BCUT2D eigenvalue weighted by atomic mass is 32.2. The minimum absolute atomic E-state index is 0.0684. The maximum atomic E-state index is 13.6. The lowest BCUT2D eigenvalue weighted by molar-refractivity contribution is 0.0976. The third-order valence-corrected chi connectivity index (χ3v) is 8.33. The van der Waals surface area contributed by atoms with E-state index in [1.165, 1.54) is 6.07 Å². The van der Waals surface area contributed by atoms with E-state index in [1.807, 2.05) is 24.3 Å². The van der Waals surface area contributed by atoms with Gasteiger partial charge >= 0.3 is 6.03 Å². The van der Waals surface area contributed by atoms with E-state index in [4.69, 9.17) is 11.3 Å². The molecule has 0 radical (unpaired) electrons. The van der Waals surface area contributed by atoms with Crippen LogP contribution in [-0.4, -0.2) is 32.1 Å². The minimum Gasteiger partial charge on any atom is -0.368 e. The largest absolute Gasteiger partial charge is 0.368 e. The van der Waals surface area contributed by atoms with Gasteiger partial charge in [-0.25, -0.2) is 13.2 Å². The Morgan fingerprint density at radius 3 is 2.33 bits per heavy atom. The molecule has 12 heteroatoms. The van der Waals surface area contributed by atoms with Crippen molar-refractivity contribution in [1.29, 1.82) is 5.53 Å².